The van der Waals surface area contributed by atoms with Crippen molar-refractivity contribution in [3.8, 4) is 0 Å². The van der Waals surface area contributed by atoms with Gasteiger partial charge < -0.3 is 0 Å². The van der Waals surface area contributed by atoms with Gasteiger partial charge in [-0.25, -0.2) is 0 Å². The third kappa shape index (κ3) is 2.09. The van der Waals surface area contributed by atoms with Gasteiger partial charge in [-0.15, -0.1) is 0 Å². The lowest BCUT2D eigenvalue weighted by Crippen LogP contribution is -1.62. The lowest BCUT2D eigenvalue weighted by molar-refractivity contribution is 1.48. The zero-order valence-electron chi connectivity index (χ0n) is 4.83. The van der Waals surface area contributed by atoms with Gasteiger partial charge in [-0.1, -0.05) is 35.9 Å². The van der Waals surface area contributed by atoms with Crippen LogP contribution < -0.4 is 0 Å². The summed E-state index contributed by atoms with van der Waals surface area (Å²) in [5, 5.41) is 0. The maximum Gasteiger partial charge on any atom is 0 e. The second-order valence-corrected chi connectivity index (χ2v) is 1.65. The maximum absolute atomic E-state index is 2.08. The van der Waals surface area contributed by atoms with Crippen LogP contribution in [0.4, 0.5) is 0 Å². The highest BCUT2D eigenvalue weighted by atomic mass is 31.0. The Morgan fingerprint density at radius 3 is 1.75 bits per heavy atom. The first-order chi connectivity index (χ1) is 3.39. The van der Waals surface area contributed by atoms with Crippen LogP contribution in [-0.4, -0.2) is 0 Å². The Labute approximate surface area is 53.5 Å². The first-order valence-electron chi connectivity index (χ1n) is 2.41. The molecule has 0 saturated heterocycles. The van der Waals surface area contributed by atoms with Gasteiger partial charge >= 0.3 is 0 Å². The van der Waals surface area contributed by atoms with Gasteiger partial charge in [0.1, 0.15) is 0 Å². The predicted octanol–water partition coefficient (Wildman–Crippen LogP) is 2.86. The summed E-state index contributed by atoms with van der Waals surface area (Å²) in [5.74, 6) is 0. The van der Waals surface area contributed by atoms with Crippen LogP contribution in [0.3, 0.4) is 0 Å². The second kappa shape index (κ2) is 3.63. The van der Waals surface area contributed by atoms with Gasteiger partial charge in [-0.2, -0.15) is 0 Å². The van der Waals surface area contributed by atoms with Crippen molar-refractivity contribution in [1.82, 2.24) is 0 Å². The van der Waals surface area contributed by atoms with Gasteiger partial charge in [-0.05, 0) is 6.92 Å². The van der Waals surface area contributed by atoms with E-state index in [2.05, 4.69) is 19.1 Å². The predicted molar refractivity (Wildman–Crippen MR) is 38.1 cm³/mol. The van der Waals surface area contributed by atoms with Crippen molar-refractivity contribution < 1.29 is 0 Å². The van der Waals surface area contributed by atoms with Gasteiger partial charge in [0.25, 0.3) is 0 Å². The summed E-state index contributed by atoms with van der Waals surface area (Å²) in [7, 11) is 0. The van der Waals surface area contributed by atoms with Gasteiger partial charge in [0.05, 0.1) is 0 Å². The molecule has 0 atom stereocenters. The molecule has 1 aromatic rings. The highest BCUT2D eigenvalue weighted by Crippen LogP contribution is 1.92. The molecule has 41 valence electrons. The van der Waals surface area contributed by atoms with Crippen LogP contribution in [0.2, 0.25) is 0 Å². The topological polar surface area (TPSA) is 0 Å². The van der Waals surface area contributed by atoms with E-state index in [9.17, 15) is 0 Å². The van der Waals surface area contributed by atoms with E-state index in [4.69, 9.17) is 0 Å². The Hall–Kier alpha value is -0.350. The Balaban J connectivity index is 0.000000490. The van der Waals surface area contributed by atoms with Crippen LogP contribution >= 0.6 is 9.90 Å². The molecule has 0 amide bonds. The highest BCUT2D eigenvalue weighted by Gasteiger charge is 1.72. The molecule has 1 heteroatoms. The number of aryl methyl sites for hydroxylation is 1. The summed E-state index contributed by atoms with van der Waals surface area (Å²) in [6.45, 7) is 2.08. The van der Waals surface area contributed by atoms with E-state index in [1.807, 2.05) is 18.2 Å². The van der Waals surface area contributed by atoms with Crippen LogP contribution in [0.25, 0.3) is 0 Å². The highest BCUT2D eigenvalue weighted by molar-refractivity contribution is 6.92. The molecule has 8 heavy (non-hydrogen) atoms. The van der Waals surface area contributed by atoms with Gasteiger partial charge in [0.2, 0.25) is 0 Å². The number of rotatable bonds is 0. The van der Waals surface area contributed by atoms with Crippen molar-refractivity contribution in [2.75, 3.05) is 0 Å². The Bertz CT molecular complexity index is 134. The fourth-order valence-corrected chi connectivity index (χ4v) is 0.534. The zero-order chi connectivity index (χ0) is 5.11. The largest absolute Gasteiger partial charge is 0.0622 e. The lowest BCUT2D eigenvalue weighted by Gasteiger charge is -1.82. The number of benzene rings is 1. The minimum atomic E-state index is 0. The molecule has 0 aliphatic rings. The third-order valence-corrected chi connectivity index (χ3v) is 0.940. The molecular formula is C7H8P. The SMILES string of the molecule is Cc1ccccc1.[P]. The molecule has 0 spiro atoms. The van der Waals surface area contributed by atoms with Crippen molar-refractivity contribution in [1.29, 1.82) is 0 Å². The Morgan fingerprint density at radius 2 is 1.50 bits per heavy atom. The molecule has 0 heterocycles. The first-order valence-corrected chi connectivity index (χ1v) is 2.41. The molecule has 3 radical (unpaired) electrons. The van der Waals surface area contributed by atoms with Crippen LogP contribution in [0, 0.1) is 6.92 Å². The third-order valence-electron chi connectivity index (χ3n) is 0.940. The van der Waals surface area contributed by atoms with Gasteiger partial charge in [-0.3, -0.25) is 0 Å². The summed E-state index contributed by atoms with van der Waals surface area (Å²) in [5.41, 5.74) is 1.32. The van der Waals surface area contributed by atoms with E-state index in [1.165, 1.54) is 5.56 Å². The lowest BCUT2D eigenvalue weighted by atomic mass is 10.2. The first kappa shape index (κ1) is 7.65. The maximum atomic E-state index is 2.08. The summed E-state index contributed by atoms with van der Waals surface area (Å²) in [6.07, 6.45) is 0. The van der Waals surface area contributed by atoms with E-state index in [1.54, 1.807) is 0 Å². The molecule has 0 aromatic heterocycles. The van der Waals surface area contributed by atoms with E-state index in [-0.39, 0.29) is 9.90 Å². The molecule has 0 fully saturated rings. The molecular weight excluding hydrogens is 115 g/mol. The quantitative estimate of drug-likeness (QED) is 0.465. The minimum Gasteiger partial charge on any atom is -0.0622 e. The van der Waals surface area contributed by atoms with Gasteiger partial charge in [0, 0.05) is 9.90 Å². The molecule has 0 aliphatic carbocycles. The molecule has 0 N–H and O–H groups in total. The Kier molecular flexibility index (Phi) is 3.47. The summed E-state index contributed by atoms with van der Waals surface area (Å²) < 4.78 is 0. The molecule has 0 nitrogen and oxygen atoms in total. The van der Waals surface area contributed by atoms with Crippen molar-refractivity contribution in [2.45, 2.75) is 6.92 Å². The molecule has 1 aromatic carbocycles. The minimum absolute atomic E-state index is 0. The average molecular weight is 123 g/mol. The van der Waals surface area contributed by atoms with Crippen molar-refractivity contribution in [3.05, 3.63) is 35.9 Å². The molecule has 0 saturated carbocycles. The van der Waals surface area contributed by atoms with E-state index in [0.717, 1.165) is 0 Å². The second-order valence-electron chi connectivity index (χ2n) is 1.65. The molecule has 0 unspecified atom stereocenters. The van der Waals surface area contributed by atoms with Crippen LogP contribution in [0.5, 0.6) is 0 Å². The van der Waals surface area contributed by atoms with Gasteiger partial charge in [0.15, 0.2) is 0 Å². The molecule has 0 bridgehead atoms. The fraction of sp³-hybridized carbons (Fsp3) is 0.143. The monoisotopic (exact) mass is 123 g/mol. The normalized spacial score (nSPS) is 7.62. The Morgan fingerprint density at radius 1 is 1.00 bits per heavy atom. The summed E-state index contributed by atoms with van der Waals surface area (Å²) in [6, 6.07) is 10.3. The molecule has 1 rings (SSSR count). The standard InChI is InChI=1S/C7H8.P/c1-7-5-3-2-4-6-7;/h2-6H,1H3;. The van der Waals surface area contributed by atoms with E-state index in [0.29, 0.717) is 0 Å². The fourth-order valence-electron chi connectivity index (χ4n) is 0.534. The summed E-state index contributed by atoms with van der Waals surface area (Å²) in [4.78, 5) is 0. The van der Waals surface area contributed by atoms with Crippen LogP contribution in [0.15, 0.2) is 30.3 Å². The van der Waals surface area contributed by atoms with Crippen molar-refractivity contribution in [2.24, 2.45) is 0 Å². The zero-order valence-corrected chi connectivity index (χ0v) is 5.73. The van der Waals surface area contributed by atoms with Crippen LogP contribution in [0.1, 0.15) is 5.56 Å². The van der Waals surface area contributed by atoms with Crippen molar-refractivity contribution >= 4 is 9.90 Å². The summed E-state index contributed by atoms with van der Waals surface area (Å²) >= 11 is 0. The number of hydrogen-bond acceptors (Lipinski definition) is 0. The van der Waals surface area contributed by atoms with Crippen LogP contribution in [-0.2, 0) is 0 Å². The van der Waals surface area contributed by atoms with E-state index < -0.39 is 0 Å². The molecule has 0 aliphatic heterocycles. The average Bonchev–Trinajstić information content (AvgIpc) is 1.69. The number of hydrogen-bond donors (Lipinski definition) is 0. The van der Waals surface area contributed by atoms with Crippen molar-refractivity contribution in [3.63, 3.8) is 0 Å². The smallest absolute Gasteiger partial charge is 0 e. The van der Waals surface area contributed by atoms with E-state index >= 15 is 0 Å².